The Morgan fingerprint density at radius 1 is 0.963 bits per heavy atom. The van der Waals surface area contributed by atoms with E-state index in [4.69, 9.17) is 4.74 Å². The van der Waals surface area contributed by atoms with Crippen molar-refractivity contribution in [1.82, 2.24) is 16.0 Å². The van der Waals surface area contributed by atoms with Crippen molar-refractivity contribution in [3.8, 4) is 0 Å². The summed E-state index contributed by atoms with van der Waals surface area (Å²) in [5.41, 5.74) is 0.823. The summed E-state index contributed by atoms with van der Waals surface area (Å²) in [6.07, 6.45) is -0.413. The third-order valence-corrected chi connectivity index (χ3v) is 3.39. The van der Waals surface area contributed by atoms with Gasteiger partial charge >= 0.3 is 12.1 Å². The third-order valence-electron chi connectivity index (χ3n) is 3.39. The summed E-state index contributed by atoms with van der Waals surface area (Å²) in [6, 6.07) is 8.28. The van der Waals surface area contributed by atoms with Gasteiger partial charge in [-0.25, -0.2) is 4.79 Å². The second-order valence-electron chi connectivity index (χ2n) is 5.47. The smallest absolute Gasteiger partial charge is 0.408 e. The molecule has 3 amide bonds. The van der Waals surface area contributed by atoms with Gasteiger partial charge in [-0.05, 0) is 18.9 Å². The summed E-state index contributed by atoms with van der Waals surface area (Å²) < 4.78 is 9.73. The SMILES string of the molecule is CCOC(=O)CNC(=O)CNC(=O)C(CC)NC(=O)OCc1ccccc1. The highest BCUT2D eigenvalue weighted by Crippen LogP contribution is 2.01. The Morgan fingerprint density at radius 2 is 1.67 bits per heavy atom. The molecule has 3 N–H and O–H groups in total. The molecule has 0 aliphatic rings. The predicted molar refractivity (Wildman–Crippen MR) is 96.5 cm³/mol. The first kappa shape index (κ1) is 21.9. The molecule has 0 saturated heterocycles. The third kappa shape index (κ3) is 9.24. The van der Waals surface area contributed by atoms with Crippen molar-refractivity contribution in [2.45, 2.75) is 32.9 Å². The first-order valence-electron chi connectivity index (χ1n) is 8.63. The number of amides is 3. The summed E-state index contributed by atoms with van der Waals surface area (Å²) in [7, 11) is 0. The molecule has 1 unspecified atom stereocenters. The molecular formula is C18H25N3O6. The molecule has 1 atom stereocenters. The van der Waals surface area contributed by atoms with Gasteiger partial charge in [-0.1, -0.05) is 37.3 Å². The van der Waals surface area contributed by atoms with E-state index < -0.39 is 29.9 Å². The van der Waals surface area contributed by atoms with Crippen LogP contribution in [0.25, 0.3) is 0 Å². The minimum Gasteiger partial charge on any atom is -0.465 e. The van der Waals surface area contributed by atoms with Crippen LogP contribution in [-0.4, -0.2) is 49.6 Å². The maximum absolute atomic E-state index is 12.1. The Kier molecular flexibility index (Phi) is 9.98. The Bertz CT molecular complexity index is 635. The molecule has 1 aromatic rings. The van der Waals surface area contributed by atoms with E-state index in [1.165, 1.54) is 0 Å². The fourth-order valence-corrected chi connectivity index (χ4v) is 2.00. The van der Waals surface area contributed by atoms with Gasteiger partial charge in [0, 0.05) is 0 Å². The van der Waals surface area contributed by atoms with Crippen molar-refractivity contribution in [3.05, 3.63) is 35.9 Å². The van der Waals surface area contributed by atoms with Gasteiger partial charge in [0.2, 0.25) is 11.8 Å². The quantitative estimate of drug-likeness (QED) is 0.509. The number of carbonyl (C=O) groups excluding carboxylic acids is 4. The molecule has 9 heteroatoms. The van der Waals surface area contributed by atoms with Crippen molar-refractivity contribution >= 4 is 23.9 Å². The lowest BCUT2D eigenvalue weighted by molar-refractivity contribution is -0.143. The van der Waals surface area contributed by atoms with Crippen molar-refractivity contribution in [3.63, 3.8) is 0 Å². The number of ether oxygens (including phenoxy) is 2. The standard InChI is InChI=1S/C18H25N3O6/c1-3-14(21-18(25)27-12-13-8-6-5-7-9-13)17(24)20-10-15(22)19-11-16(23)26-4-2/h5-9,14H,3-4,10-12H2,1-2H3,(H,19,22)(H,20,24)(H,21,25). The summed E-state index contributed by atoms with van der Waals surface area (Å²) in [4.78, 5) is 46.6. The number of rotatable bonds is 10. The lowest BCUT2D eigenvalue weighted by Gasteiger charge is -2.16. The largest absolute Gasteiger partial charge is 0.465 e. The van der Waals surface area contributed by atoms with Crippen LogP contribution in [0, 0.1) is 0 Å². The van der Waals surface area contributed by atoms with Crippen LogP contribution >= 0.6 is 0 Å². The van der Waals surface area contributed by atoms with E-state index in [0.717, 1.165) is 5.56 Å². The lowest BCUT2D eigenvalue weighted by atomic mass is 10.2. The summed E-state index contributed by atoms with van der Waals surface area (Å²) in [6.45, 7) is 3.07. The number of benzene rings is 1. The summed E-state index contributed by atoms with van der Waals surface area (Å²) in [5, 5.41) is 7.16. The highest BCUT2D eigenvalue weighted by Gasteiger charge is 2.20. The van der Waals surface area contributed by atoms with E-state index in [-0.39, 0.29) is 26.3 Å². The zero-order valence-electron chi connectivity index (χ0n) is 15.4. The molecule has 0 radical (unpaired) electrons. The van der Waals surface area contributed by atoms with Crippen LogP contribution in [0.3, 0.4) is 0 Å². The second-order valence-corrected chi connectivity index (χ2v) is 5.47. The molecule has 0 aliphatic carbocycles. The molecule has 0 fully saturated rings. The van der Waals surface area contributed by atoms with Crippen molar-refractivity contribution in [2.75, 3.05) is 19.7 Å². The first-order valence-corrected chi connectivity index (χ1v) is 8.63. The van der Waals surface area contributed by atoms with E-state index in [1.807, 2.05) is 30.3 Å². The first-order chi connectivity index (χ1) is 13.0. The Labute approximate surface area is 157 Å². The highest BCUT2D eigenvalue weighted by molar-refractivity contribution is 5.90. The zero-order chi connectivity index (χ0) is 20.1. The van der Waals surface area contributed by atoms with Gasteiger partial charge < -0.3 is 25.4 Å². The summed E-state index contributed by atoms with van der Waals surface area (Å²) >= 11 is 0. The van der Waals surface area contributed by atoms with Gasteiger partial charge in [-0.3, -0.25) is 14.4 Å². The predicted octanol–water partition coefficient (Wildman–Crippen LogP) is 0.487. The Hall–Kier alpha value is -3.10. The lowest BCUT2D eigenvalue weighted by Crippen LogP contribution is -2.49. The Balaban J connectivity index is 2.32. The van der Waals surface area contributed by atoms with Crippen molar-refractivity contribution < 1.29 is 28.7 Å². The molecule has 148 valence electrons. The molecule has 9 nitrogen and oxygen atoms in total. The molecule has 0 aromatic heterocycles. The van der Waals surface area contributed by atoms with E-state index in [2.05, 4.69) is 20.7 Å². The minimum absolute atomic E-state index is 0.0843. The van der Waals surface area contributed by atoms with Gasteiger partial charge in [0.25, 0.3) is 0 Å². The molecule has 0 aliphatic heterocycles. The van der Waals surface area contributed by atoms with Gasteiger partial charge in [0.1, 0.15) is 19.2 Å². The number of nitrogens with one attached hydrogen (secondary N) is 3. The van der Waals surface area contributed by atoms with Crippen LogP contribution < -0.4 is 16.0 Å². The van der Waals surface area contributed by atoms with Gasteiger partial charge in [0.15, 0.2) is 0 Å². The van der Waals surface area contributed by atoms with Gasteiger partial charge in [0.05, 0.1) is 13.2 Å². The van der Waals surface area contributed by atoms with E-state index in [0.29, 0.717) is 6.42 Å². The van der Waals surface area contributed by atoms with Crippen LogP contribution in [0.15, 0.2) is 30.3 Å². The monoisotopic (exact) mass is 379 g/mol. The second kappa shape index (κ2) is 12.3. The molecule has 1 aromatic carbocycles. The number of esters is 1. The zero-order valence-corrected chi connectivity index (χ0v) is 15.4. The van der Waals surface area contributed by atoms with Crippen LogP contribution in [-0.2, 0) is 30.5 Å². The van der Waals surface area contributed by atoms with Crippen LogP contribution in [0.1, 0.15) is 25.8 Å². The van der Waals surface area contributed by atoms with Crippen LogP contribution in [0.2, 0.25) is 0 Å². The molecule has 27 heavy (non-hydrogen) atoms. The van der Waals surface area contributed by atoms with E-state index in [9.17, 15) is 19.2 Å². The topological polar surface area (TPSA) is 123 Å². The number of carbonyl (C=O) groups is 4. The van der Waals surface area contributed by atoms with Crippen molar-refractivity contribution in [1.29, 1.82) is 0 Å². The maximum Gasteiger partial charge on any atom is 0.408 e. The number of hydrogen-bond donors (Lipinski definition) is 3. The minimum atomic E-state index is -0.842. The van der Waals surface area contributed by atoms with E-state index >= 15 is 0 Å². The van der Waals surface area contributed by atoms with E-state index in [1.54, 1.807) is 13.8 Å². The molecule has 0 bridgehead atoms. The van der Waals surface area contributed by atoms with Gasteiger partial charge in [-0.2, -0.15) is 0 Å². The van der Waals surface area contributed by atoms with Crippen molar-refractivity contribution in [2.24, 2.45) is 0 Å². The highest BCUT2D eigenvalue weighted by atomic mass is 16.5. The number of alkyl carbamates (subject to hydrolysis) is 1. The molecule has 0 spiro atoms. The average molecular weight is 379 g/mol. The summed E-state index contributed by atoms with van der Waals surface area (Å²) in [5.74, 6) is -1.63. The fraction of sp³-hybridized carbons (Fsp3) is 0.444. The molecule has 0 saturated carbocycles. The van der Waals surface area contributed by atoms with Gasteiger partial charge in [-0.15, -0.1) is 0 Å². The molecule has 1 rings (SSSR count). The maximum atomic E-state index is 12.1. The normalized spacial score (nSPS) is 11.0. The Morgan fingerprint density at radius 3 is 2.30 bits per heavy atom. The molecule has 0 heterocycles. The van der Waals surface area contributed by atoms with Crippen LogP contribution in [0.4, 0.5) is 4.79 Å². The average Bonchev–Trinajstić information content (AvgIpc) is 2.68. The molecular weight excluding hydrogens is 354 g/mol. The number of hydrogen-bond acceptors (Lipinski definition) is 6. The fourth-order valence-electron chi connectivity index (χ4n) is 2.00. The van der Waals surface area contributed by atoms with Crippen LogP contribution in [0.5, 0.6) is 0 Å².